The van der Waals surface area contributed by atoms with Crippen LogP contribution in [0.15, 0.2) is 0 Å². The van der Waals surface area contributed by atoms with Crippen molar-refractivity contribution in [1.82, 2.24) is 0 Å². The predicted molar refractivity (Wildman–Crippen MR) is 257 cm³/mol. The van der Waals surface area contributed by atoms with Gasteiger partial charge in [0.25, 0.3) is 0 Å². The summed E-state index contributed by atoms with van der Waals surface area (Å²) >= 11 is 0. The van der Waals surface area contributed by atoms with E-state index < -0.39 is 6.10 Å². The second-order valence-electron chi connectivity index (χ2n) is 19.0. The minimum Gasteiger partial charge on any atom is -0.462 e. The second kappa shape index (κ2) is 48.4. The molecule has 0 aromatic rings. The molecule has 0 aromatic heterocycles. The van der Waals surface area contributed by atoms with Gasteiger partial charge in [0.15, 0.2) is 6.10 Å². The Morgan fingerprint density at radius 2 is 0.550 bits per heavy atom. The van der Waals surface area contributed by atoms with Crippen LogP contribution in [0.1, 0.15) is 304 Å². The van der Waals surface area contributed by atoms with Crippen LogP contribution < -0.4 is 0 Å². The zero-order valence-electron chi connectivity index (χ0n) is 40.9. The van der Waals surface area contributed by atoms with Gasteiger partial charge in [0.1, 0.15) is 13.2 Å². The molecule has 0 aliphatic heterocycles. The monoisotopic (exact) mass is 849 g/mol. The van der Waals surface area contributed by atoms with Crippen molar-refractivity contribution in [3.63, 3.8) is 0 Å². The van der Waals surface area contributed by atoms with Crippen molar-refractivity contribution in [3.8, 4) is 0 Å². The maximum absolute atomic E-state index is 12.8. The van der Waals surface area contributed by atoms with Crippen molar-refractivity contribution < 1.29 is 28.6 Å². The highest BCUT2D eigenvalue weighted by Gasteiger charge is 2.19. The number of hydrogen-bond donors (Lipinski definition) is 0. The van der Waals surface area contributed by atoms with E-state index >= 15 is 0 Å². The molecule has 0 amide bonds. The summed E-state index contributed by atoms with van der Waals surface area (Å²) in [5.74, 6) is -0.0335. The van der Waals surface area contributed by atoms with E-state index in [1.165, 1.54) is 199 Å². The van der Waals surface area contributed by atoms with E-state index in [0.717, 1.165) is 63.7 Å². The summed E-state index contributed by atoms with van der Waals surface area (Å²) in [6.45, 7) is 9.02. The number of unbranched alkanes of at least 4 members (excludes halogenated alkanes) is 36. The van der Waals surface area contributed by atoms with E-state index in [9.17, 15) is 14.4 Å². The Bertz CT molecular complexity index is 903. The summed E-state index contributed by atoms with van der Waals surface area (Å²) in [5.41, 5.74) is 0. The van der Waals surface area contributed by atoms with Crippen molar-refractivity contribution in [3.05, 3.63) is 0 Å². The third-order valence-corrected chi connectivity index (χ3v) is 12.3. The second-order valence-corrected chi connectivity index (χ2v) is 19.0. The summed E-state index contributed by atoms with van der Waals surface area (Å²) in [4.78, 5) is 38.0. The van der Waals surface area contributed by atoms with Crippen LogP contribution in [0.25, 0.3) is 0 Å². The highest BCUT2D eigenvalue weighted by atomic mass is 16.6. The van der Waals surface area contributed by atoms with Crippen LogP contribution in [-0.4, -0.2) is 37.2 Å². The zero-order chi connectivity index (χ0) is 43.8. The van der Waals surface area contributed by atoms with Crippen molar-refractivity contribution in [2.24, 2.45) is 5.92 Å². The molecule has 0 aliphatic rings. The fraction of sp³-hybridized carbons (Fsp3) is 0.944. The molecule has 0 fully saturated rings. The van der Waals surface area contributed by atoms with Crippen LogP contribution in [0.5, 0.6) is 0 Å². The molecule has 6 heteroatoms. The molecule has 0 bridgehead atoms. The average molecular weight is 849 g/mol. The third kappa shape index (κ3) is 47.5. The first-order valence-corrected chi connectivity index (χ1v) is 26.9. The lowest BCUT2D eigenvalue weighted by atomic mass is 10.0. The molecule has 1 atom stereocenters. The minimum atomic E-state index is -0.761. The van der Waals surface area contributed by atoms with Crippen LogP contribution >= 0.6 is 0 Å². The van der Waals surface area contributed by atoms with Crippen molar-refractivity contribution >= 4 is 17.9 Å². The molecule has 60 heavy (non-hydrogen) atoms. The first-order valence-electron chi connectivity index (χ1n) is 26.9. The van der Waals surface area contributed by atoms with Crippen molar-refractivity contribution in [2.45, 2.75) is 310 Å². The highest BCUT2D eigenvalue weighted by molar-refractivity contribution is 5.71. The van der Waals surface area contributed by atoms with Crippen LogP contribution in [0.4, 0.5) is 0 Å². The first-order chi connectivity index (χ1) is 29.4. The van der Waals surface area contributed by atoms with Gasteiger partial charge in [-0.25, -0.2) is 0 Å². The van der Waals surface area contributed by atoms with E-state index in [1.54, 1.807) is 0 Å². The summed E-state index contributed by atoms with van der Waals surface area (Å²) < 4.78 is 16.8. The molecule has 0 radical (unpaired) electrons. The SMILES string of the molecule is CCCCCCCCCCCCCCCCCCC(=O)OC[C@H](COC(=O)CCCCCCCCCCCC(C)C)OC(=O)CCCCCCCCCCCCCCCC. The number of esters is 3. The Balaban J connectivity index is 4.29. The minimum absolute atomic E-state index is 0.0626. The lowest BCUT2D eigenvalue weighted by Gasteiger charge is -2.18. The highest BCUT2D eigenvalue weighted by Crippen LogP contribution is 2.17. The van der Waals surface area contributed by atoms with Crippen LogP contribution in [0, 0.1) is 5.92 Å². The molecule has 356 valence electrons. The van der Waals surface area contributed by atoms with Gasteiger partial charge in [-0.1, -0.05) is 265 Å². The smallest absolute Gasteiger partial charge is 0.306 e. The van der Waals surface area contributed by atoms with E-state index in [4.69, 9.17) is 14.2 Å². The zero-order valence-corrected chi connectivity index (χ0v) is 40.9. The van der Waals surface area contributed by atoms with Gasteiger partial charge in [0, 0.05) is 19.3 Å². The van der Waals surface area contributed by atoms with E-state index in [2.05, 4.69) is 27.7 Å². The Morgan fingerprint density at radius 1 is 0.317 bits per heavy atom. The van der Waals surface area contributed by atoms with Gasteiger partial charge in [0.05, 0.1) is 0 Å². The maximum Gasteiger partial charge on any atom is 0.306 e. The van der Waals surface area contributed by atoms with Gasteiger partial charge in [-0.05, 0) is 25.2 Å². The standard InChI is InChI=1S/C54H104O6/c1-5-7-9-11-13-15-17-19-21-22-24-25-29-33-37-41-45-52(55)58-48-51(49-59-53(56)46-42-38-34-31-27-28-32-36-40-44-50(3)4)60-54(57)47-43-39-35-30-26-23-20-18-16-14-12-10-8-6-2/h50-51H,5-49H2,1-4H3/t51-/m1/s1. The molecule has 0 spiro atoms. The molecule has 0 rings (SSSR count). The first kappa shape index (κ1) is 58.4. The molecule has 6 nitrogen and oxygen atoms in total. The molecule has 0 saturated carbocycles. The van der Waals surface area contributed by atoms with Crippen LogP contribution in [-0.2, 0) is 28.6 Å². The van der Waals surface area contributed by atoms with Crippen molar-refractivity contribution in [1.29, 1.82) is 0 Å². The molecule has 0 unspecified atom stereocenters. The quantitative estimate of drug-likeness (QED) is 0.0345. The van der Waals surface area contributed by atoms with Crippen LogP contribution in [0.2, 0.25) is 0 Å². The fourth-order valence-electron chi connectivity index (χ4n) is 8.22. The number of ether oxygens (including phenoxy) is 3. The Morgan fingerprint density at radius 3 is 0.817 bits per heavy atom. The van der Waals surface area contributed by atoms with Crippen LogP contribution in [0.3, 0.4) is 0 Å². The van der Waals surface area contributed by atoms with Gasteiger partial charge in [-0.2, -0.15) is 0 Å². The lowest BCUT2D eigenvalue weighted by Crippen LogP contribution is -2.30. The molecule has 0 heterocycles. The summed E-state index contributed by atoms with van der Waals surface area (Å²) in [6, 6.07) is 0. The fourth-order valence-corrected chi connectivity index (χ4v) is 8.22. The van der Waals surface area contributed by atoms with Gasteiger partial charge in [-0.3, -0.25) is 14.4 Å². The average Bonchev–Trinajstić information content (AvgIpc) is 3.23. The Labute approximate surface area is 374 Å². The number of carbonyl (C=O) groups excluding carboxylic acids is 3. The predicted octanol–water partition coefficient (Wildman–Crippen LogP) is 17.5. The van der Waals surface area contributed by atoms with Gasteiger partial charge >= 0.3 is 17.9 Å². The summed E-state index contributed by atoms with van der Waals surface area (Å²) in [5, 5.41) is 0. The normalized spacial score (nSPS) is 11.9. The molecular formula is C54H104O6. The number of hydrogen-bond acceptors (Lipinski definition) is 6. The third-order valence-electron chi connectivity index (χ3n) is 12.3. The Kier molecular flexibility index (Phi) is 47.2. The molecular weight excluding hydrogens is 745 g/mol. The molecule has 0 N–H and O–H groups in total. The van der Waals surface area contributed by atoms with Gasteiger partial charge in [0.2, 0.25) is 0 Å². The molecule has 0 aliphatic carbocycles. The van der Waals surface area contributed by atoms with Crippen molar-refractivity contribution in [2.75, 3.05) is 13.2 Å². The molecule has 0 saturated heterocycles. The Hall–Kier alpha value is -1.59. The van der Waals surface area contributed by atoms with E-state index in [1.807, 2.05) is 0 Å². The number of rotatable bonds is 49. The summed E-state index contributed by atoms with van der Waals surface area (Å²) in [6.07, 6.45) is 50.9. The van der Waals surface area contributed by atoms with Gasteiger partial charge in [-0.15, -0.1) is 0 Å². The van der Waals surface area contributed by atoms with E-state index in [0.29, 0.717) is 19.3 Å². The summed E-state index contributed by atoms with van der Waals surface area (Å²) in [7, 11) is 0. The largest absolute Gasteiger partial charge is 0.462 e. The maximum atomic E-state index is 12.8. The molecule has 0 aromatic carbocycles. The lowest BCUT2D eigenvalue weighted by molar-refractivity contribution is -0.167. The van der Waals surface area contributed by atoms with E-state index in [-0.39, 0.29) is 31.1 Å². The van der Waals surface area contributed by atoms with Gasteiger partial charge < -0.3 is 14.2 Å². The number of carbonyl (C=O) groups is 3. The topological polar surface area (TPSA) is 78.9 Å².